The highest BCUT2D eigenvalue weighted by Gasteiger charge is 2.55. The number of fused-ring (bicyclic) bond motifs is 2. The number of hydrogen-bond donors (Lipinski definition) is 1. The molecule has 1 saturated heterocycles. The monoisotopic (exact) mass is 327 g/mol. The van der Waals surface area contributed by atoms with E-state index in [1.165, 1.54) is 11.2 Å². The molecule has 7 nitrogen and oxygen atoms in total. The van der Waals surface area contributed by atoms with Gasteiger partial charge in [0.2, 0.25) is 0 Å². The highest BCUT2D eigenvalue weighted by atomic mass is 16.5. The van der Waals surface area contributed by atoms with Crippen LogP contribution >= 0.6 is 0 Å². The van der Waals surface area contributed by atoms with Gasteiger partial charge in [0.15, 0.2) is 0 Å². The molecule has 24 heavy (non-hydrogen) atoms. The summed E-state index contributed by atoms with van der Waals surface area (Å²) in [6.07, 6.45) is 2.76. The van der Waals surface area contributed by atoms with Gasteiger partial charge in [0.1, 0.15) is 17.6 Å². The number of hydrogen-bond acceptors (Lipinski definition) is 5. The van der Waals surface area contributed by atoms with Crippen LogP contribution in [0.5, 0.6) is 5.75 Å². The van der Waals surface area contributed by atoms with E-state index in [0.29, 0.717) is 17.9 Å². The first kappa shape index (κ1) is 14.7. The van der Waals surface area contributed by atoms with Crippen molar-refractivity contribution in [2.45, 2.75) is 31.8 Å². The number of carbonyl (C=O) groups excluding carboxylic acids is 2. The molecule has 2 aliphatic rings. The minimum Gasteiger partial charge on any atom is -0.497 e. The lowest BCUT2D eigenvalue weighted by atomic mass is 9.91. The fraction of sp³-hybridized carbons (Fsp3) is 0.353. The number of aryl methyl sites for hydroxylation is 2. The molecule has 0 radical (unpaired) electrons. The number of amides is 3. The molecule has 1 aliphatic heterocycles. The maximum Gasteiger partial charge on any atom is 0.325 e. The number of ether oxygens (including phenoxy) is 1. The number of nitrogens with one attached hydrogen (secondary N) is 1. The van der Waals surface area contributed by atoms with Crippen LogP contribution in [0.3, 0.4) is 0 Å². The summed E-state index contributed by atoms with van der Waals surface area (Å²) in [5.41, 5.74) is 2.29. The van der Waals surface area contributed by atoms with E-state index in [1.54, 1.807) is 14.0 Å². The van der Waals surface area contributed by atoms with Crippen LogP contribution in [0.25, 0.3) is 0 Å². The van der Waals surface area contributed by atoms with Crippen molar-refractivity contribution < 1.29 is 18.8 Å². The Morgan fingerprint density at radius 3 is 2.96 bits per heavy atom. The van der Waals surface area contributed by atoms with E-state index in [0.717, 1.165) is 23.1 Å². The number of benzene rings is 1. The Labute approximate surface area is 138 Å². The average Bonchev–Trinajstić information content (AvgIpc) is 3.22. The Morgan fingerprint density at radius 1 is 1.42 bits per heavy atom. The van der Waals surface area contributed by atoms with Crippen LogP contribution in [0, 0.1) is 6.92 Å². The summed E-state index contributed by atoms with van der Waals surface area (Å²) in [6.45, 7) is 1.93. The minimum atomic E-state index is -0.994. The molecule has 1 N–H and O–H groups in total. The predicted octanol–water partition coefficient (Wildman–Crippen LogP) is 1.89. The van der Waals surface area contributed by atoms with Crippen LogP contribution in [0.2, 0.25) is 0 Å². The van der Waals surface area contributed by atoms with E-state index in [9.17, 15) is 9.59 Å². The molecule has 1 spiro atoms. The lowest BCUT2D eigenvalue weighted by Crippen LogP contribution is -2.41. The molecule has 124 valence electrons. The third kappa shape index (κ3) is 1.94. The molecule has 1 aromatic heterocycles. The Balaban J connectivity index is 1.71. The van der Waals surface area contributed by atoms with Crippen molar-refractivity contribution in [2.75, 3.05) is 7.11 Å². The quantitative estimate of drug-likeness (QED) is 0.870. The Hall–Kier alpha value is -2.83. The van der Waals surface area contributed by atoms with Gasteiger partial charge in [-0.2, -0.15) is 0 Å². The van der Waals surface area contributed by atoms with E-state index in [4.69, 9.17) is 9.26 Å². The number of aromatic nitrogens is 1. The molecule has 1 aromatic carbocycles. The summed E-state index contributed by atoms with van der Waals surface area (Å²) >= 11 is 0. The Morgan fingerprint density at radius 2 is 2.25 bits per heavy atom. The number of imide groups is 1. The first-order valence-electron chi connectivity index (χ1n) is 7.76. The van der Waals surface area contributed by atoms with E-state index < -0.39 is 11.6 Å². The van der Waals surface area contributed by atoms with Gasteiger partial charge in [0.25, 0.3) is 5.91 Å². The van der Waals surface area contributed by atoms with Crippen molar-refractivity contribution >= 4 is 11.9 Å². The molecule has 0 unspecified atom stereocenters. The van der Waals surface area contributed by atoms with Crippen LogP contribution in [-0.2, 0) is 23.3 Å². The van der Waals surface area contributed by atoms with E-state index in [1.807, 2.05) is 18.2 Å². The SMILES string of the molecule is COc1ccc2c(c1)[C@@]1(CC2)NC(=O)N(Cc2conc2C)C1=O. The molecule has 0 saturated carbocycles. The average molecular weight is 327 g/mol. The van der Waals surface area contributed by atoms with E-state index in [2.05, 4.69) is 10.5 Å². The molecule has 2 aromatic rings. The molecule has 1 fully saturated rings. The largest absolute Gasteiger partial charge is 0.497 e. The van der Waals surface area contributed by atoms with Crippen LogP contribution in [-0.4, -0.2) is 29.1 Å². The highest BCUT2D eigenvalue weighted by molar-refractivity contribution is 6.08. The molecule has 1 aliphatic carbocycles. The molecular formula is C17H17N3O4. The molecule has 3 amide bonds. The van der Waals surface area contributed by atoms with Gasteiger partial charge < -0.3 is 14.6 Å². The van der Waals surface area contributed by atoms with Gasteiger partial charge in [-0.15, -0.1) is 0 Å². The van der Waals surface area contributed by atoms with Crippen molar-refractivity contribution in [1.29, 1.82) is 0 Å². The van der Waals surface area contributed by atoms with Gasteiger partial charge in [0.05, 0.1) is 19.3 Å². The normalized spacial score (nSPS) is 22.2. The third-order valence-electron chi connectivity index (χ3n) is 4.90. The molecule has 0 bridgehead atoms. The Kier molecular flexibility index (Phi) is 3.13. The number of rotatable bonds is 3. The molecule has 7 heteroatoms. The summed E-state index contributed by atoms with van der Waals surface area (Å²) < 4.78 is 10.2. The molecule has 1 atom stereocenters. The maximum atomic E-state index is 13.1. The summed E-state index contributed by atoms with van der Waals surface area (Å²) in [5.74, 6) is 0.436. The Bertz CT molecular complexity index is 844. The first-order valence-corrected chi connectivity index (χ1v) is 7.76. The zero-order chi connectivity index (χ0) is 16.9. The van der Waals surface area contributed by atoms with Crippen LogP contribution in [0.1, 0.15) is 28.8 Å². The van der Waals surface area contributed by atoms with Crippen molar-refractivity contribution in [1.82, 2.24) is 15.4 Å². The highest BCUT2D eigenvalue weighted by Crippen LogP contribution is 2.43. The number of nitrogens with zero attached hydrogens (tertiary/aromatic N) is 2. The number of methoxy groups -OCH3 is 1. The van der Waals surface area contributed by atoms with Crippen molar-refractivity contribution in [3.05, 3.63) is 46.8 Å². The molecule has 4 rings (SSSR count). The van der Waals surface area contributed by atoms with Gasteiger partial charge >= 0.3 is 6.03 Å². The standard InChI is InChI=1S/C17H17N3O4/c1-10-12(9-24-19-10)8-20-15(21)17(18-16(20)22)6-5-11-3-4-13(23-2)7-14(11)17/h3-4,7,9H,5-6,8H2,1-2H3,(H,18,22)/t17-/m1/s1. The smallest absolute Gasteiger partial charge is 0.325 e. The zero-order valence-electron chi connectivity index (χ0n) is 13.5. The fourth-order valence-electron chi connectivity index (χ4n) is 3.51. The second-order valence-corrected chi connectivity index (χ2v) is 6.18. The lowest BCUT2D eigenvalue weighted by molar-refractivity contribution is -0.132. The fourth-order valence-corrected chi connectivity index (χ4v) is 3.51. The van der Waals surface area contributed by atoms with Crippen LogP contribution in [0.4, 0.5) is 4.79 Å². The topological polar surface area (TPSA) is 84.7 Å². The van der Waals surface area contributed by atoms with Gasteiger partial charge in [-0.1, -0.05) is 11.2 Å². The first-order chi connectivity index (χ1) is 11.5. The molecule has 2 heterocycles. The van der Waals surface area contributed by atoms with Crippen molar-refractivity contribution in [2.24, 2.45) is 0 Å². The molecular weight excluding hydrogens is 310 g/mol. The summed E-state index contributed by atoms with van der Waals surface area (Å²) in [5, 5.41) is 6.69. The zero-order valence-corrected chi connectivity index (χ0v) is 13.5. The van der Waals surface area contributed by atoms with Crippen LogP contribution in [0.15, 0.2) is 29.0 Å². The van der Waals surface area contributed by atoms with E-state index in [-0.39, 0.29) is 12.5 Å². The second-order valence-electron chi connectivity index (χ2n) is 6.18. The van der Waals surface area contributed by atoms with Crippen molar-refractivity contribution in [3.8, 4) is 5.75 Å². The summed E-state index contributed by atoms with van der Waals surface area (Å²) in [7, 11) is 1.58. The van der Waals surface area contributed by atoms with Gasteiger partial charge in [-0.05, 0) is 43.0 Å². The summed E-state index contributed by atoms with van der Waals surface area (Å²) in [6, 6.07) is 5.28. The third-order valence-corrected chi connectivity index (χ3v) is 4.90. The number of carbonyl (C=O) groups is 2. The van der Waals surface area contributed by atoms with Crippen molar-refractivity contribution in [3.63, 3.8) is 0 Å². The maximum absolute atomic E-state index is 13.1. The number of urea groups is 1. The second kappa shape index (κ2) is 5.09. The lowest BCUT2D eigenvalue weighted by Gasteiger charge is -2.22. The van der Waals surface area contributed by atoms with Crippen LogP contribution < -0.4 is 10.1 Å². The van der Waals surface area contributed by atoms with Gasteiger partial charge in [0, 0.05) is 5.56 Å². The van der Waals surface area contributed by atoms with Gasteiger partial charge in [-0.25, -0.2) is 4.79 Å². The summed E-state index contributed by atoms with van der Waals surface area (Å²) in [4.78, 5) is 26.8. The van der Waals surface area contributed by atoms with Gasteiger partial charge in [-0.3, -0.25) is 9.69 Å². The predicted molar refractivity (Wildman–Crippen MR) is 83.3 cm³/mol. The minimum absolute atomic E-state index is 0.154. The van der Waals surface area contributed by atoms with E-state index >= 15 is 0 Å².